The number of pyridine rings is 4. The van der Waals surface area contributed by atoms with Crippen LogP contribution >= 0.6 is 0 Å². The molecule has 3 N–H and O–H groups in total. The molecule has 6 aromatic heterocycles. The smallest absolute Gasteiger partial charge is 0.500 e. The maximum atomic E-state index is 10.7. The first kappa shape index (κ1) is 86.2. The molecule has 0 unspecified atom stereocenters. The molecule has 6 heterocycles. The summed E-state index contributed by atoms with van der Waals surface area (Å²) in [6, 6.07) is 82.3. The Hall–Kier alpha value is -8.69. The minimum absolute atomic E-state index is 0. The van der Waals surface area contributed by atoms with Gasteiger partial charge in [0, 0.05) is 101 Å². The minimum atomic E-state index is -5.84. The number of aryl methyl sites for hydroxylation is 2. The fourth-order valence-electron chi connectivity index (χ4n) is 11.9. The number of halogens is 3. The second-order valence-electron chi connectivity index (χ2n) is 27.7. The number of aliphatic hydroxyl groups excluding tert-OH is 2. The summed E-state index contributed by atoms with van der Waals surface area (Å²) in [5.74, 6) is 1.33. The summed E-state index contributed by atoms with van der Waals surface area (Å²) in [5, 5.41) is 21.5. The number of aromatic nitrogens is 4. The monoisotopic (exact) mass is 1830 g/mol. The van der Waals surface area contributed by atoms with E-state index >= 15 is 0 Å². The van der Waals surface area contributed by atoms with Crippen molar-refractivity contribution in [1.29, 1.82) is 0 Å². The first-order valence-corrected chi connectivity index (χ1v) is 42.7. The van der Waals surface area contributed by atoms with Gasteiger partial charge in [-0.1, -0.05) is 199 Å². The van der Waals surface area contributed by atoms with Gasteiger partial charge >= 0.3 is 15.6 Å². The topological polar surface area (TPSA) is 173 Å². The number of alkyl halides is 3. The molecule has 11 nitrogen and oxygen atoms in total. The van der Waals surface area contributed by atoms with Crippen molar-refractivity contribution in [1.82, 2.24) is 19.9 Å². The third-order valence-corrected chi connectivity index (χ3v) is 21.5. The van der Waals surface area contributed by atoms with Crippen molar-refractivity contribution < 1.29 is 85.4 Å². The van der Waals surface area contributed by atoms with E-state index in [-0.39, 0.29) is 40.2 Å². The molecular formula is C87H90F3Ir2N4O7SSi2-3. The molecule has 2 radical (unpaired) electrons. The predicted molar refractivity (Wildman–Crippen MR) is 427 cm³/mol. The van der Waals surface area contributed by atoms with Gasteiger partial charge in [0.25, 0.3) is 0 Å². The Balaban J connectivity index is 0.000000211. The van der Waals surface area contributed by atoms with E-state index in [1.807, 2.05) is 109 Å². The van der Waals surface area contributed by atoms with Crippen LogP contribution in [-0.2, 0) is 63.2 Å². The summed E-state index contributed by atoms with van der Waals surface area (Å²) in [6.45, 7) is 27.7. The van der Waals surface area contributed by atoms with Crippen LogP contribution in [0.15, 0.2) is 246 Å². The molecule has 19 heteroatoms. The standard InChI is InChI=1S/C24H17NO.C24H16NO.2C18H24NSi.CHF3O3S.2CH4O.2Ir/c2*1-16-15-25-22(14-20(16)17-7-3-2-4-8-17)18-11-12-24-21(13-18)19-9-5-6-10-23(19)26-24;2*1-14(2)11-16-12-17(15-9-7-6-8-10-15)19-13-18(16)20(3,4)5;2-1(3,4)8(5,6)7;2*1-2;;/h2-15H,1H3;2-10,12-15H,1H3;2*6-9,12-14H,11H2,1-5H3;(H,5,6,7);2*2H,1H3;;/q;3*-1;;;;;. The largest absolute Gasteiger partial charge is 0.522 e. The summed E-state index contributed by atoms with van der Waals surface area (Å²) in [6.07, 6.45) is 10.4. The van der Waals surface area contributed by atoms with Gasteiger partial charge < -0.3 is 34.0 Å². The number of rotatable bonds is 12. The van der Waals surface area contributed by atoms with Crippen LogP contribution in [0.25, 0.3) is 111 Å². The van der Waals surface area contributed by atoms with Crippen LogP contribution in [-0.4, -0.2) is 79.0 Å². The molecule has 0 aliphatic heterocycles. The Morgan fingerprint density at radius 1 is 0.425 bits per heavy atom. The van der Waals surface area contributed by atoms with E-state index < -0.39 is 31.8 Å². The molecular weight excluding hydrogens is 1740 g/mol. The maximum Gasteiger partial charge on any atom is 0.522 e. The number of fused-ring (bicyclic) bond motifs is 6. The molecule has 106 heavy (non-hydrogen) atoms. The number of aliphatic hydroxyl groups is 2. The molecule has 8 aromatic carbocycles. The number of furan rings is 2. The van der Waals surface area contributed by atoms with Crippen molar-refractivity contribution in [3.05, 3.63) is 278 Å². The Morgan fingerprint density at radius 2 is 0.792 bits per heavy atom. The fraction of sp³-hybridized carbons (Fsp3) is 0.218. The average Bonchev–Trinajstić information content (AvgIpc) is 1.67. The van der Waals surface area contributed by atoms with E-state index in [2.05, 4.69) is 247 Å². The van der Waals surface area contributed by atoms with Crippen molar-refractivity contribution in [3.8, 4) is 67.3 Å². The van der Waals surface area contributed by atoms with E-state index in [9.17, 15) is 13.2 Å². The molecule has 0 aliphatic rings. The first-order valence-electron chi connectivity index (χ1n) is 34.2. The molecule has 556 valence electrons. The van der Waals surface area contributed by atoms with Crippen molar-refractivity contribution in [2.45, 2.75) is 99.2 Å². The Labute approximate surface area is 651 Å². The number of nitrogens with zero attached hydrogens (tertiary/aromatic N) is 4. The van der Waals surface area contributed by atoms with Gasteiger partial charge in [-0.05, 0) is 136 Å². The zero-order valence-corrected chi connectivity index (χ0v) is 69.7. The van der Waals surface area contributed by atoms with E-state index in [1.54, 1.807) is 0 Å². The zero-order valence-electron chi connectivity index (χ0n) is 62.1. The number of hydrogen-bond donors (Lipinski definition) is 3. The third-order valence-electron chi connectivity index (χ3n) is 16.7. The van der Waals surface area contributed by atoms with Crippen LogP contribution in [0, 0.1) is 43.9 Å². The summed E-state index contributed by atoms with van der Waals surface area (Å²) in [7, 11) is -6.52. The normalized spacial score (nSPS) is 11.2. The molecule has 0 aliphatic carbocycles. The summed E-state index contributed by atoms with van der Waals surface area (Å²) in [5.41, 5.74) is 16.4. The molecule has 0 saturated heterocycles. The van der Waals surface area contributed by atoms with Crippen LogP contribution in [0.1, 0.15) is 49.9 Å². The van der Waals surface area contributed by atoms with Crippen LogP contribution < -0.4 is 10.4 Å². The maximum absolute atomic E-state index is 10.7. The van der Waals surface area contributed by atoms with Gasteiger partial charge in [-0.2, -0.15) is 21.6 Å². The average molecular weight is 1830 g/mol. The zero-order chi connectivity index (χ0) is 75.5. The van der Waals surface area contributed by atoms with Crippen LogP contribution in [0.4, 0.5) is 13.2 Å². The molecule has 0 amide bonds. The second-order valence-corrected chi connectivity index (χ2v) is 39.1. The molecule has 0 bridgehead atoms. The van der Waals surface area contributed by atoms with Gasteiger partial charge in [-0.25, -0.2) is 0 Å². The molecule has 0 atom stereocenters. The van der Waals surface area contributed by atoms with Gasteiger partial charge in [-0.3, -0.25) is 9.54 Å². The van der Waals surface area contributed by atoms with E-state index in [0.29, 0.717) is 11.8 Å². The van der Waals surface area contributed by atoms with E-state index in [1.165, 1.54) is 49.3 Å². The number of para-hydroxylation sites is 2. The summed E-state index contributed by atoms with van der Waals surface area (Å²) >= 11 is 0. The van der Waals surface area contributed by atoms with Crippen LogP contribution in [0.3, 0.4) is 0 Å². The summed E-state index contributed by atoms with van der Waals surface area (Å²) < 4.78 is 69.4. The van der Waals surface area contributed by atoms with Crippen LogP contribution in [0.2, 0.25) is 39.3 Å². The van der Waals surface area contributed by atoms with Crippen molar-refractivity contribution in [3.63, 3.8) is 0 Å². The fourth-order valence-corrected chi connectivity index (χ4v) is 15.1. The molecule has 0 spiro atoms. The Bertz CT molecular complexity index is 4930. The Kier molecular flexibility index (Phi) is 31.9. The van der Waals surface area contributed by atoms with E-state index in [0.717, 1.165) is 122 Å². The third kappa shape index (κ3) is 22.9. The quantitative estimate of drug-likeness (QED) is 0.0460. The second kappa shape index (κ2) is 39.2. The van der Waals surface area contributed by atoms with Crippen molar-refractivity contribution >= 4 is 80.5 Å². The summed E-state index contributed by atoms with van der Waals surface area (Å²) in [4.78, 5) is 18.7. The molecule has 14 aromatic rings. The van der Waals surface area contributed by atoms with Crippen LogP contribution in [0.5, 0.6) is 0 Å². The van der Waals surface area contributed by atoms with E-state index in [4.69, 9.17) is 32.0 Å². The Morgan fingerprint density at radius 3 is 1.21 bits per heavy atom. The van der Waals surface area contributed by atoms with Gasteiger partial charge in [0.2, 0.25) is 0 Å². The van der Waals surface area contributed by atoms with Gasteiger partial charge in [0.05, 0.1) is 27.4 Å². The number of hydrogen-bond acceptors (Lipinski definition) is 10. The molecule has 14 rings (SSSR count). The first-order chi connectivity index (χ1) is 49.6. The molecule has 0 fully saturated rings. The SMILES string of the molecule is CC(C)Cc1cc(-c2[c-]cccc2)ncc1[Si](C)(C)C.CC(C)Cc1cc(-c2[c-]cccc2)ncc1[Si](C)(C)C.CO.CO.Cc1cnc(-c2[c-]cc3oc4ccccc4c3c2)cc1-c1ccccc1.Cc1cnc(-c2ccc3oc4ccccc4c3c2)cc1-c1ccccc1.O=S(=O)(O)C(F)(F)F.[Ir].[Ir]. The predicted octanol–water partition coefficient (Wildman–Crippen LogP) is 21.2. The van der Waals surface area contributed by atoms with Gasteiger partial charge in [-0.15, -0.1) is 95.6 Å². The van der Waals surface area contributed by atoms with Crippen molar-refractivity contribution in [2.75, 3.05) is 14.2 Å². The van der Waals surface area contributed by atoms with Crippen molar-refractivity contribution in [2.24, 2.45) is 11.8 Å². The van der Waals surface area contributed by atoms with Gasteiger partial charge in [0.15, 0.2) is 0 Å². The molecule has 0 saturated carbocycles. The minimum Gasteiger partial charge on any atom is -0.500 e. The number of benzene rings is 8. The van der Waals surface area contributed by atoms with Gasteiger partial charge in [0.1, 0.15) is 16.7 Å².